The lowest BCUT2D eigenvalue weighted by atomic mass is 9.82. The van der Waals surface area contributed by atoms with E-state index in [1.807, 2.05) is 0 Å². The number of nitrogens with zero attached hydrogens (tertiary/aromatic N) is 2. The second kappa shape index (κ2) is 6.18. The molecule has 152 valence electrons. The molecule has 3 heterocycles. The van der Waals surface area contributed by atoms with Crippen molar-refractivity contribution < 1.29 is 4.74 Å². The maximum Gasteiger partial charge on any atom is 0.203 e. The molecule has 3 aromatic carbocycles. The first-order chi connectivity index (χ1) is 14.5. The minimum Gasteiger partial charge on any atom is -0.351 e. The quantitative estimate of drug-likeness (QED) is 0.339. The minimum absolute atomic E-state index is 0.150. The number of rotatable bonds is 2. The molecule has 2 atom stereocenters. The molecule has 0 bridgehead atoms. The number of epoxide rings is 1. The number of hydrogen-bond donors (Lipinski definition) is 0. The molecule has 0 N–H and O–H groups in total. The highest BCUT2D eigenvalue weighted by Crippen LogP contribution is 2.37. The predicted molar refractivity (Wildman–Crippen MR) is 123 cm³/mol. The summed E-state index contributed by atoms with van der Waals surface area (Å²) >= 11 is 0. The van der Waals surface area contributed by atoms with Crippen molar-refractivity contribution >= 4 is 21.7 Å². The number of fused-ring (bicyclic) bond motifs is 1. The van der Waals surface area contributed by atoms with Crippen LogP contribution in [0.4, 0.5) is 0 Å². The monoisotopic (exact) mass is 397 g/mol. The average molecular weight is 398 g/mol. The number of benzene rings is 3. The molecule has 1 aromatic heterocycles. The van der Waals surface area contributed by atoms with Crippen molar-refractivity contribution in [2.45, 2.75) is 51.8 Å². The third kappa shape index (κ3) is 2.45. The van der Waals surface area contributed by atoms with E-state index in [2.05, 4.69) is 91.4 Å². The fraction of sp³-hybridized carbons (Fsp3) is 0.370. The molecule has 2 aliphatic rings. The van der Waals surface area contributed by atoms with Crippen LogP contribution in [-0.4, -0.2) is 23.3 Å². The lowest BCUT2D eigenvalue weighted by Crippen LogP contribution is -2.52. The number of ether oxygens (including phenoxy) is 1. The van der Waals surface area contributed by atoms with E-state index in [1.54, 1.807) is 0 Å². The molecular formula is C27H29N2O+. The van der Waals surface area contributed by atoms with E-state index in [-0.39, 0.29) is 11.8 Å². The first kappa shape index (κ1) is 18.1. The molecule has 30 heavy (non-hydrogen) atoms. The van der Waals surface area contributed by atoms with Crippen LogP contribution in [0.5, 0.6) is 0 Å². The molecule has 0 radical (unpaired) electrons. The minimum atomic E-state index is 0.150. The van der Waals surface area contributed by atoms with Crippen LogP contribution in [0.15, 0.2) is 54.6 Å². The normalized spacial score (nSPS) is 23.8. The molecule has 0 spiro atoms. The standard InChI is InChI=1S/C27H29N2O/c1-5-28-22-13-12-19(14-21(22)17(2)15-27(28,3)4)26-20-10-6-8-18-9-7-11-23(25(18)20)29(26)24-16-30-24/h6-14,17,24H,5,15-16H2,1-4H3/q+1. The van der Waals surface area contributed by atoms with Gasteiger partial charge in [0.25, 0.3) is 0 Å². The second-order valence-corrected chi connectivity index (χ2v) is 9.62. The Morgan fingerprint density at radius 1 is 1.10 bits per heavy atom. The highest BCUT2D eigenvalue weighted by Gasteiger charge is 2.37. The lowest BCUT2D eigenvalue weighted by Gasteiger charge is -2.30. The largest absolute Gasteiger partial charge is 0.351 e. The van der Waals surface area contributed by atoms with Gasteiger partial charge in [-0.25, -0.2) is 4.58 Å². The van der Waals surface area contributed by atoms with E-state index in [9.17, 15) is 0 Å². The molecule has 6 rings (SSSR count). The Morgan fingerprint density at radius 3 is 2.60 bits per heavy atom. The summed E-state index contributed by atoms with van der Waals surface area (Å²) in [5.41, 5.74) is 2.95. The number of hydrogen-bond acceptors (Lipinski definition) is 1. The SMILES string of the molecule is CC[N+]1=c2ccc(=c3c4cccc5cccc(c54)n3C3CO3)cc2C(C)CC1(C)C. The fourth-order valence-corrected chi connectivity index (χ4v) is 5.99. The van der Waals surface area contributed by atoms with Gasteiger partial charge in [-0.3, -0.25) is 0 Å². The van der Waals surface area contributed by atoms with Gasteiger partial charge in [0, 0.05) is 28.8 Å². The molecule has 4 aromatic rings. The van der Waals surface area contributed by atoms with Gasteiger partial charge in [-0.2, -0.15) is 0 Å². The molecule has 0 amide bonds. The first-order valence-corrected chi connectivity index (χ1v) is 11.2. The van der Waals surface area contributed by atoms with Gasteiger partial charge in [0.1, 0.15) is 6.54 Å². The van der Waals surface area contributed by atoms with Crippen molar-refractivity contribution in [1.29, 1.82) is 0 Å². The molecule has 2 unspecified atom stereocenters. The van der Waals surface area contributed by atoms with Crippen LogP contribution in [0.3, 0.4) is 0 Å². The van der Waals surface area contributed by atoms with Gasteiger partial charge in [0.05, 0.1) is 17.5 Å². The molecule has 3 heteroatoms. The Hall–Kier alpha value is -2.65. The van der Waals surface area contributed by atoms with E-state index in [0.29, 0.717) is 5.92 Å². The Balaban J connectivity index is 1.82. The molecule has 1 saturated heterocycles. The molecule has 1 fully saturated rings. The summed E-state index contributed by atoms with van der Waals surface area (Å²) in [4.78, 5) is 0. The summed E-state index contributed by atoms with van der Waals surface area (Å²) in [5, 5.41) is 7.98. The van der Waals surface area contributed by atoms with Crippen LogP contribution in [0.1, 0.15) is 51.8 Å². The third-order valence-corrected chi connectivity index (χ3v) is 7.22. The lowest BCUT2D eigenvalue weighted by molar-refractivity contribution is 0.273. The van der Waals surface area contributed by atoms with Crippen LogP contribution >= 0.6 is 0 Å². The molecule has 0 aliphatic carbocycles. The predicted octanol–water partition coefficient (Wildman–Crippen LogP) is 5.13. The zero-order valence-corrected chi connectivity index (χ0v) is 18.3. The Kier molecular flexibility index (Phi) is 3.74. The molecule has 2 aliphatic heterocycles. The van der Waals surface area contributed by atoms with Crippen molar-refractivity contribution in [3.8, 4) is 0 Å². The Morgan fingerprint density at radius 2 is 1.87 bits per heavy atom. The highest BCUT2D eigenvalue weighted by atomic mass is 16.6. The summed E-state index contributed by atoms with van der Waals surface area (Å²) in [5.74, 6) is 0.545. The van der Waals surface area contributed by atoms with E-state index >= 15 is 0 Å². The van der Waals surface area contributed by atoms with Gasteiger partial charge in [0.15, 0.2) is 11.8 Å². The number of aromatic nitrogens is 1. The van der Waals surface area contributed by atoms with Crippen LogP contribution < -0.4 is 9.93 Å². The van der Waals surface area contributed by atoms with E-state index in [1.165, 1.54) is 49.6 Å². The fourth-order valence-electron chi connectivity index (χ4n) is 5.99. The van der Waals surface area contributed by atoms with Crippen LogP contribution in [0.2, 0.25) is 0 Å². The van der Waals surface area contributed by atoms with Crippen molar-refractivity contribution in [3.05, 3.63) is 76.1 Å². The average Bonchev–Trinajstić information content (AvgIpc) is 3.51. The molecule has 0 saturated carbocycles. The van der Waals surface area contributed by atoms with E-state index < -0.39 is 0 Å². The molecule has 3 nitrogen and oxygen atoms in total. The first-order valence-electron chi connectivity index (χ1n) is 11.2. The van der Waals surface area contributed by atoms with E-state index in [4.69, 9.17) is 4.74 Å². The molecular weight excluding hydrogens is 368 g/mol. The smallest absolute Gasteiger partial charge is 0.203 e. The summed E-state index contributed by atoms with van der Waals surface area (Å²) < 4.78 is 10.8. The summed E-state index contributed by atoms with van der Waals surface area (Å²) in [6, 6.07) is 20.4. The van der Waals surface area contributed by atoms with Crippen molar-refractivity contribution in [3.63, 3.8) is 0 Å². The maximum atomic E-state index is 5.80. The summed E-state index contributed by atoms with van der Waals surface area (Å²) in [6.45, 7) is 11.2. The van der Waals surface area contributed by atoms with Crippen molar-refractivity contribution in [1.82, 2.24) is 9.14 Å². The zero-order valence-electron chi connectivity index (χ0n) is 18.3. The second-order valence-electron chi connectivity index (χ2n) is 9.62. The Labute approximate surface area is 176 Å². The maximum absolute atomic E-state index is 5.80. The van der Waals surface area contributed by atoms with E-state index in [0.717, 1.165) is 13.2 Å². The van der Waals surface area contributed by atoms with Gasteiger partial charge >= 0.3 is 0 Å². The van der Waals surface area contributed by atoms with Gasteiger partial charge < -0.3 is 9.30 Å². The van der Waals surface area contributed by atoms with Gasteiger partial charge in [-0.15, -0.1) is 0 Å². The van der Waals surface area contributed by atoms with Gasteiger partial charge in [-0.05, 0) is 55.5 Å². The third-order valence-electron chi connectivity index (χ3n) is 7.22. The van der Waals surface area contributed by atoms with Crippen molar-refractivity contribution in [2.75, 3.05) is 13.2 Å². The van der Waals surface area contributed by atoms with Gasteiger partial charge in [-0.1, -0.05) is 37.3 Å². The van der Waals surface area contributed by atoms with Crippen LogP contribution in [-0.2, 0) is 4.74 Å². The van der Waals surface area contributed by atoms with Crippen molar-refractivity contribution in [2.24, 2.45) is 0 Å². The Bertz CT molecular complexity index is 1450. The van der Waals surface area contributed by atoms with Crippen LogP contribution in [0, 0.1) is 10.6 Å². The summed E-state index contributed by atoms with van der Waals surface area (Å²) in [6.07, 6.45) is 1.33. The van der Waals surface area contributed by atoms with Crippen LogP contribution in [0.25, 0.3) is 21.7 Å². The topological polar surface area (TPSA) is 20.5 Å². The zero-order chi connectivity index (χ0) is 20.6. The highest BCUT2D eigenvalue weighted by molar-refractivity contribution is 6.10. The summed E-state index contributed by atoms with van der Waals surface area (Å²) in [7, 11) is 0. The van der Waals surface area contributed by atoms with Gasteiger partial charge in [0.2, 0.25) is 5.36 Å².